The molecule has 0 spiro atoms. The highest BCUT2D eigenvalue weighted by Gasteiger charge is 2.54. The summed E-state index contributed by atoms with van der Waals surface area (Å²) < 4.78 is 108. The minimum absolute atomic E-state index is 0.0786. The standard InChI is InChI=1S/C59H114O16/c1-12-22-32-61-42-45-48(62-33-23-13-2)52(66-37-27-17-6)55(69-40-30-20-9)58(74-45)72-44-47-50(64-35-25-15-4)53(67-38-28-18-7)56(70-41-31-21-10)59(75-47)71-43-46-49(63-34-24-14-3)51(65-36-26-16-5)54(57(60-11)73-46)68-39-29-19-8/h45-59H,12-44H2,1-11H3/t45?,46?,47?,48-,49-,50-,51+,52+,53?,54?,55?,56?,57+,58+,59+/m1/s1. The molecule has 0 aromatic heterocycles. The summed E-state index contributed by atoms with van der Waals surface area (Å²) in [5.74, 6) is 0. The van der Waals surface area contributed by atoms with Gasteiger partial charge in [-0.1, -0.05) is 133 Å². The minimum atomic E-state index is -0.906. The second kappa shape index (κ2) is 44.1. The number of ether oxygens (including phenoxy) is 16. The van der Waals surface area contributed by atoms with E-state index in [0.29, 0.717) is 72.7 Å². The van der Waals surface area contributed by atoms with Crippen molar-refractivity contribution in [2.24, 2.45) is 0 Å². The van der Waals surface area contributed by atoms with Crippen LogP contribution in [0.1, 0.15) is 198 Å². The molecule has 0 saturated carbocycles. The van der Waals surface area contributed by atoms with Crippen LogP contribution in [0.3, 0.4) is 0 Å². The van der Waals surface area contributed by atoms with Gasteiger partial charge >= 0.3 is 0 Å². The van der Waals surface area contributed by atoms with E-state index in [4.69, 9.17) is 75.8 Å². The summed E-state index contributed by atoms with van der Waals surface area (Å²) in [5.41, 5.74) is 0. The third-order valence-electron chi connectivity index (χ3n) is 14.1. The monoisotopic (exact) mass is 1080 g/mol. The number of methoxy groups -OCH3 is 1. The average molecular weight is 1080 g/mol. The predicted octanol–water partition coefficient (Wildman–Crippen LogP) is 11.3. The third kappa shape index (κ3) is 25.0. The molecule has 0 amide bonds. The molecule has 3 saturated heterocycles. The Kier molecular flexibility index (Phi) is 40.3. The van der Waals surface area contributed by atoms with Crippen LogP contribution in [0.5, 0.6) is 0 Å². The summed E-state index contributed by atoms with van der Waals surface area (Å²) in [4.78, 5) is 0. The summed E-state index contributed by atoms with van der Waals surface area (Å²) in [6, 6.07) is 0. The SMILES string of the molecule is CCCCOCC1O[C@H](OCC2O[C@H](OCC3O[C@H](OC)C(OCCCC)[C@@H](OCCCC)[C@@H]3OCCCC)C(OCCCC)C(OCCCC)[C@@H]2OCCCC)C(OCCCC)[C@@H](OCCCC)[C@@H]1OCCCC. The Balaban J connectivity index is 2.13. The van der Waals surface area contributed by atoms with Crippen molar-refractivity contribution in [1.29, 1.82) is 0 Å². The Morgan fingerprint density at radius 3 is 0.747 bits per heavy atom. The molecule has 0 bridgehead atoms. The molecule has 15 atom stereocenters. The summed E-state index contributed by atoms with van der Waals surface area (Å²) >= 11 is 0. The Hall–Kier alpha value is -0.640. The van der Waals surface area contributed by atoms with Crippen molar-refractivity contribution >= 4 is 0 Å². The van der Waals surface area contributed by atoms with Gasteiger partial charge in [0.25, 0.3) is 0 Å². The van der Waals surface area contributed by atoms with Gasteiger partial charge < -0.3 is 75.8 Å². The fourth-order valence-corrected chi connectivity index (χ4v) is 9.30. The lowest BCUT2D eigenvalue weighted by Crippen LogP contribution is -2.65. The van der Waals surface area contributed by atoms with Gasteiger partial charge in [-0.15, -0.1) is 0 Å². The second-order valence-corrected chi connectivity index (χ2v) is 20.7. The number of hydrogen-bond donors (Lipinski definition) is 0. The van der Waals surface area contributed by atoms with Crippen LogP contribution >= 0.6 is 0 Å². The van der Waals surface area contributed by atoms with Crippen LogP contribution in [-0.4, -0.2) is 185 Å². The maximum atomic E-state index is 7.18. The molecule has 3 rings (SSSR count). The van der Waals surface area contributed by atoms with Gasteiger partial charge in [0, 0.05) is 73.2 Å². The predicted molar refractivity (Wildman–Crippen MR) is 292 cm³/mol. The van der Waals surface area contributed by atoms with Crippen molar-refractivity contribution in [3.05, 3.63) is 0 Å². The van der Waals surface area contributed by atoms with Gasteiger partial charge in [-0.25, -0.2) is 0 Å². The molecule has 75 heavy (non-hydrogen) atoms. The van der Waals surface area contributed by atoms with E-state index in [1.807, 2.05) is 0 Å². The first-order chi connectivity index (χ1) is 36.9. The van der Waals surface area contributed by atoms with E-state index in [2.05, 4.69) is 69.2 Å². The summed E-state index contributed by atoms with van der Waals surface area (Å²) in [6.07, 6.45) is 9.94. The Labute approximate surface area is 457 Å². The van der Waals surface area contributed by atoms with Crippen LogP contribution in [0.25, 0.3) is 0 Å². The first-order valence-electron chi connectivity index (χ1n) is 30.7. The molecule has 0 radical (unpaired) electrons. The van der Waals surface area contributed by atoms with Gasteiger partial charge in [-0.3, -0.25) is 0 Å². The smallest absolute Gasteiger partial charge is 0.187 e. The number of hydrogen-bond acceptors (Lipinski definition) is 16. The Bertz CT molecular complexity index is 1290. The van der Waals surface area contributed by atoms with Crippen molar-refractivity contribution < 1.29 is 75.8 Å². The number of rotatable bonds is 48. The molecule has 0 N–H and O–H groups in total. The van der Waals surface area contributed by atoms with E-state index < -0.39 is 92.1 Å². The van der Waals surface area contributed by atoms with Gasteiger partial charge in [0.1, 0.15) is 73.2 Å². The molecule has 3 fully saturated rings. The zero-order valence-electron chi connectivity index (χ0n) is 49.5. The summed E-state index contributed by atoms with van der Waals surface area (Å²) in [5, 5.41) is 0. The molecule has 7 unspecified atom stereocenters. The van der Waals surface area contributed by atoms with E-state index in [1.54, 1.807) is 7.11 Å². The topological polar surface area (TPSA) is 148 Å². The highest BCUT2D eigenvalue weighted by molar-refractivity contribution is 4.97. The normalized spacial score (nSPS) is 30.4. The van der Waals surface area contributed by atoms with E-state index in [-0.39, 0.29) is 13.2 Å². The summed E-state index contributed by atoms with van der Waals surface area (Å²) in [7, 11) is 1.65. The Morgan fingerprint density at radius 1 is 0.240 bits per heavy atom. The van der Waals surface area contributed by atoms with Crippen LogP contribution in [0.4, 0.5) is 0 Å². The quantitative estimate of drug-likeness (QED) is 0.0532. The van der Waals surface area contributed by atoms with E-state index in [9.17, 15) is 0 Å². The van der Waals surface area contributed by atoms with Gasteiger partial charge in [0.05, 0.1) is 19.8 Å². The van der Waals surface area contributed by atoms with Crippen molar-refractivity contribution in [2.45, 2.75) is 290 Å². The Morgan fingerprint density at radius 2 is 0.467 bits per heavy atom. The van der Waals surface area contributed by atoms with Crippen molar-refractivity contribution in [2.75, 3.05) is 93.0 Å². The van der Waals surface area contributed by atoms with Gasteiger partial charge in [0.2, 0.25) is 0 Å². The average Bonchev–Trinajstić information content (AvgIpc) is 3.41. The second-order valence-electron chi connectivity index (χ2n) is 20.7. The van der Waals surface area contributed by atoms with Crippen LogP contribution in [0.15, 0.2) is 0 Å². The molecule has 3 heterocycles. The van der Waals surface area contributed by atoms with Gasteiger partial charge in [0.15, 0.2) is 18.9 Å². The van der Waals surface area contributed by atoms with E-state index in [0.717, 1.165) is 128 Å². The first-order valence-corrected chi connectivity index (χ1v) is 30.7. The molecule has 3 aliphatic heterocycles. The van der Waals surface area contributed by atoms with Crippen molar-refractivity contribution in [3.63, 3.8) is 0 Å². The first kappa shape index (κ1) is 68.6. The van der Waals surface area contributed by atoms with Crippen LogP contribution in [0, 0.1) is 0 Å². The van der Waals surface area contributed by atoms with Crippen LogP contribution in [-0.2, 0) is 75.8 Å². The van der Waals surface area contributed by atoms with Crippen LogP contribution in [0.2, 0.25) is 0 Å². The molecule has 16 nitrogen and oxygen atoms in total. The lowest BCUT2D eigenvalue weighted by atomic mass is 9.96. The van der Waals surface area contributed by atoms with Gasteiger partial charge in [-0.05, 0) is 64.2 Å². The molecular formula is C59H114O16. The molecule has 16 heteroatoms. The fraction of sp³-hybridized carbons (Fsp3) is 1.00. The molecule has 0 aliphatic carbocycles. The largest absolute Gasteiger partial charge is 0.379 e. The van der Waals surface area contributed by atoms with Gasteiger partial charge in [-0.2, -0.15) is 0 Å². The molecule has 3 aliphatic rings. The highest BCUT2D eigenvalue weighted by atomic mass is 16.8. The minimum Gasteiger partial charge on any atom is -0.379 e. The van der Waals surface area contributed by atoms with Crippen molar-refractivity contribution in [3.8, 4) is 0 Å². The fourth-order valence-electron chi connectivity index (χ4n) is 9.30. The lowest BCUT2D eigenvalue weighted by Gasteiger charge is -2.49. The lowest BCUT2D eigenvalue weighted by molar-refractivity contribution is -0.358. The number of unbranched alkanes of at least 4 members (excludes halogenated alkanes) is 10. The zero-order chi connectivity index (χ0) is 54.3. The highest BCUT2D eigenvalue weighted by Crippen LogP contribution is 2.36. The van der Waals surface area contributed by atoms with E-state index in [1.165, 1.54) is 0 Å². The zero-order valence-corrected chi connectivity index (χ0v) is 49.5. The molecule has 446 valence electrons. The van der Waals surface area contributed by atoms with Crippen LogP contribution < -0.4 is 0 Å². The third-order valence-corrected chi connectivity index (χ3v) is 14.1. The molecule has 0 aromatic rings. The van der Waals surface area contributed by atoms with E-state index >= 15 is 0 Å². The molecular weight excluding hydrogens is 965 g/mol. The maximum Gasteiger partial charge on any atom is 0.187 e. The maximum absolute atomic E-state index is 7.18. The summed E-state index contributed by atoms with van der Waals surface area (Å²) in [6.45, 7) is 27.6. The van der Waals surface area contributed by atoms with Crippen molar-refractivity contribution in [1.82, 2.24) is 0 Å². The molecule has 0 aromatic carbocycles.